The number of nitrogens with one attached hydrogen (secondary N) is 8. The normalized spacial score (nSPS) is 19.7. The molecule has 0 aliphatic carbocycles. The molecule has 3 aromatic carbocycles. The number of benzene rings is 3. The van der Waals surface area contributed by atoms with Crippen molar-refractivity contribution in [3.63, 3.8) is 0 Å². The molecular weight excluding hydrogens is 893 g/mol. The molecule has 8 amide bonds. The molecule has 5 rings (SSSR count). The van der Waals surface area contributed by atoms with Crippen LogP contribution in [-0.4, -0.2) is 133 Å². The fraction of sp³-hybridized carbons (Fsp3) is 0.500. The van der Waals surface area contributed by atoms with Crippen molar-refractivity contribution in [2.45, 2.75) is 130 Å². The van der Waals surface area contributed by atoms with Crippen LogP contribution in [0.2, 0.25) is 0 Å². The van der Waals surface area contributed by atoms with E-state index in [1.165, 1.54) is 34.1 Å². The number of rotatable bonds is 18. The number of likely N-dealkylation sites (N-methyl/N-ethyl adjacent to an activating group) is 2. The average molecular weight is 965 g/mol. The molecule has 2 aliphatic heterocycles. The molecule has 8 atom stereocenters. The Balaban J connectivity index is 1.29. The minimum atomic E-state index is -0.982. The Morgan fingerprint density at radius 1 is 0.529 bits per heavy atom. The average Bonchev–Trinajstić information content (AvgIpc) is 3.97. The maximum Gasteiger partial charge on any atom is 0.251 e. The Morgan fingerprint density at radius 3 is 1.16 bits per heavy atom. The second-order valence-corrected chi connectivity index (χ2v) is 20.4. The van der Waals surface area contributed by atoms with E-state index in [4.69, 9.17) is 0 Å². The summed E-state index contributed by atoms with van der Waals surface area (Å²) >= 11 is 0. The zero-order valence-electron chi connectivity index (χ0n) is 42.1. The van der Waals surface area contributed by atoms with Gasteiger partial charge in [-0.05, 0) is 87.0 Å². The zero-order chi connectivity index (χ0) is 51.5. The molecule has 0 radical (unpaired) electrons. The minimum Gasteiger partial charge on any atom is -0.350 e. The summed E-state index contributed by atoms with van der Waals surface area (Å²) in [5.41, 5.74) is 0.729. The zero-order valence-corrected chi connectivity index (χ0v) is 42.1. The molecule has 2 saturated heterocycles. The molecule has 70 heavy (non-hydrogen) atoms. The van der Waals surface area contributed by atoms with Gasteiger partial charge in [0.2, 0.25) is 35.4 Å². The van der Waals surface area contributed by atoms with E-state index in [0.717, 1.165) is 11.1 Å². The number of carbonyl (C=O) groups excluding carboxylic acids is 8. The van der Waals surface area contributed by atoms with Crippen LogP contribution in [0.5, 0.6) is 0 Å². The van der Waals surface area contributed by atoms with E-state index in [-0.39, 0.29) is 62.0 Å². The summed E-state index contributed by atoms with van der Waals surface area (Å²) in [6.07, 6.45) is 0.223. The van der Waals surface area contributed by atoms with Gasteiger partial charge in [-0.3, -0.25) is 38.4 Å². The largest absolute Gasteiger partial charge is 0.350 e. The lowest BCUT2D eigenvalue weighted by Crippen LogP contribution is -2.59. The van der Waals surface area contributed by atoms with Gasteiger partial charge >= 0.3 is 0 Å². The van der Waals surface area contributed by atoms with Gasteiger partial charge in [0.05, 0.1) is 12.1 Å². The van der Waals surface area contributed by atoms with Crippen LogP contribution in [0.15, 0.2) is 84.9 Å². The first-order chi connectivity index (χ1) is 33.0. The van der Waals surface area contributed by atoms with Crippen LogP contribution >= 0.6 is 0 Å². The lowest BCUT2D eigenvalue weighted by Gasteiger charge is -2.36. The van der Waals surface area contributed by atoms with Gasteiger partial charge in [0.1, 0.15) is 24.2 Å². The van der Waals surface area contributed by atoms with Gasteiger partial charge in [0.15, 0.2) is 0 Å². The SMILES string of the molecule is CN[C@@H](C)C(=O)N[C@H](C(=O)N1C[C@@H](NC(=O)c2ccc(C(=O)N[C@H]3C[C@@H](C(=O)NCc4ccccc4)N(C(=O)[C@@H](NC(=O)[C@H](C)NC)C(C)(C)C)C3)cc2)C[C@H]1C(=O)NCc1ccccc1)C(C)(C)C. The van der Waals surface area contributed by atoms with Gasteiger partial charge in [0, 0.05) is 49.4 Å². The Labute approximate surface area is 411 Å². The quantitative estimate of drug-likeness (QED) is 0.0923. The van der Waals surface area contributed by atoms with Crippen LogP contribution in [0.1, 0.15) is 100 Å². The monoisotopic (exact) mass is 965 g/mol. The predicted octanol–water partition coefficient (Wildman–Crippen LogP) is 2.00. The Morgan fingerprint density at radius 2 is 0.857 bits per heavy atom. The molecule has 3 aromatic rings. The number of nitrogens with zero attached hydrogens (tertiary/aromatic N) is 2. The van der Waals surface area contributed by atoms with E-state index in [9.17, 15) is 38.4 Å². The number of carbonyl (C=O) groups is 8. The van der Waals surface area contributed by atoms with Gasteiger partial charge in [-0.2, -0.15) is 0 Å². The highest BCUT2D eigenvalue weighted by molar-refractivity contribution is 5.99. The first kappa shape index (κ1) is 54.3. The molecule has 2 heterocycles. The molecule has 2 fully saturated rings. The summed E-state index contributed by atoms with van der Waals surface area (Å²) in [6.45, 7) is 14.8. The van der Waals surface area contributed by atoms with Crippen LogP contribution in [0.4, 0.5) is 0 Å². The van der Waals surface area contributed by atoms with Gasteiger partial charge in [0.25, 0.3) is 11.8 Å². The van der Waals surface area contributed by atoms with Crippen molar-refractivity contribution >= 4 is 47.3 Å². The fourth-order valence-electron chi connectivity index (χ4n) is 8.41. The summed E-state index contributed by atoms with van der Waals surface area (Å²) in [6, 6.07) is 18.4. The molecule has 0 spiro atoms. The predicted molar refractivity (Wildman–Crippen MR) is 266 cm³/mol. The third kappa shape index (κ3) is 14.2. The summed E-state index contributed by atoms with van der Waals surface area (Å²) < 4.78 is 0. The number of likely N-dealkylation sites (tertiary alicyclic amines) is 2. The van der Waals surface area contributed by atoms with Crippen LogP contribution < -0.4 is 42.5 Å². The molecule has 2 aliphatic rings. The minimum absolute atomic E-state index is 0.00262. The molecule has 0 saturated carbocycles. The number of hydrogen-bond donors (Lipinski definition) is 8. The van der Waals surface area contributed by atoms with Crippen molar-refractivity contribution in [2.75, 3.05) is 27.2 Å². The van der Waals surface area contributed by atoms with E-state index in [1.807, 2.05) is 102 Å². The maximum absolute atomic E-state index is 14.4. The van der Waals surface area contributed by atoms with Crippen molar-refractivity contribution in [3.05, 3.63) is 107 Å². The summed E-state index contributed by atoms with van der Waals surface area (Å²) in [5, 5.41) is 23.3. The van der Waals surface area contributed by atoms with E-state index in [1.54, 1.807) is 27.9 Å². The van der Waals surface area contributed by atoms with E-state index in [0.29, 0.717) is 0 Å². The highest BCUT2D eigenvalue weighted by Gasteiger charge is 2.47. The summed E-state index contributed by atoms with van der Waals surface area (Å²) in [7, 11) is 3.28. The molecule has 0 bridgehead atoms. The highest BCUT2D eigenvalue weighted by Crippen LogP contribution is 2.29. The smallest absolute Gasteiger partial charge is 0.251 e. The number of amides is 8. The summed E-state index contributed by atoms with van der Waals surface area (Å²) in [4.78, 5) is 113. The second-order valence-electron chi connectivity index (χ2n) is 20.4. The fourth-order valence-corrected chi connectivity index (χ4v) is 8.41. The van der Waals surface area contributed by atoms with Crippen molar-refractivity contribution < 1.29 is 38.4 Å². The van der Waals surface area contributed by atoms with Crippen LogP contribution in [0.25, 0.3) is 0 Å². The van der Waals surface area contributed by atoms with Crippen LogP contribution in [-0.2, 0) is 41.9 Å². The standard InChI is InChI=1S/C52H72N10O8/c1-31(53-9)43(63)59-41(51(3,4)5)49(69)61-29-37(25-39(61)47(67)55-27-33-17-13-11-14-18-33)57-45(65)35-21-23-36(24-22-35)46(66)58-38-26-40(48(68)56-28-34-19-15-12-16-20-34)62(30-38)50(70)42(52(6,7)8)60-44(64)32(2)54-10/h11-24,31-32,37-42,53-54H,25-30H2,1-10H3,(H,55,67)(H,56,68)(H,57,65)(H,58,66)(H,59,63)(H,60,64)/t31-,32-,37-,38-,39-,40-,41+,42+/m0/s1. The maximum atomic E-state index is 14.4. The summed E-state index contributed by atoms with van der Waals surface area (Å²) in [5.74, 6) is -3.44. The van der Waals surface area contributed by atoms with Crippen LogP contribution in [0, 0.1) is 10.8 Å². The van der Waals surface area contributed by atoms with Crippen molar-refractivity contribution in [3.8, 4) is 0 Å². The van der Waals surface area contributed by atoms with Gasteiger partial charge in [-0.1, -0.05) is 102 Å². The van der Waals surface area contributed by atoms with Crippen molar-refractivity contribution in [1.29, 1.82) is 0 Å². The Kier molecular flexibility index (Phi) is 18.4. The lowest BCUT2D eigenvalue weighted by molar-refractivity contribution is -0.144. The first-order valence-electron chi connectivity index (χ1n) is 23.9. The van der Waals surface area contributed by atoms with Gasteiger partial charge in [-0.15, -0.1) is 0 Å². The third-order valence-corrected chi connectivity index (χ3v) is 12.9. The molecule has 0 aromatic heterocycles. The van der Waals surface area contributed by atoms with Crippen molar-refractivity contribution in [2.24, 2.45) is 10.8 Å². The first-order valence-corrected chi connectivity index (χ1v) is 23.9. The molecule has 378 valence electrons. The van der Waals surface area contributed by atoms with E-state index >= 15 is 0 Å². The van der Waals surface area contributed by atoms with Crippen molar-refractivity contribution in [1.82, 2.24) is 52.3 Å². The highest BCUT2D eigenvalue weighted by atomic mass is 16.2. The van der Waals surface area contributed by atoms with Crippen LogP contribution in [0.3, 0.4) is 0 Å². The van der Waals surface area contributed by atoms with E-state index < -0.39 is 94.6 Å². The van der Waals surface area contributed by atoms with Gasteiger partial charge < -0.3 is 52.3 Å². The Bertz CT molecular complexity index is 2170. The molecule has 18 nitrogen and oxygen atoms in total. The third-order valence-electron chi connectivity index (χ3n) is 12.9. The topological polar surface area (TPSA) is 239 Å². The van der Waals surface area contributed by atoms with Gasteiger partial charge in [-0.25, -0.2) is 0 Å². The molecule has 8 N–H and O–H groups in total. The molecule has 18 heteroatoms. The molecule has 0 unspecified atom stereocenters. The second kappa shape index (κ2) is 23.8. The lowest BCUT2D eigenvalue weighted by atomic mass is 9.85. The van der Waals surface area contributed by atoms with E-state index in [2.05, 4.69) is 42.5 Å². The Hall–Kier alpha value is -6.66. The molecular formula is C52H72N10O8. The number of hydrogen-bond acceptors (Lipinski definition) is 10.